The fourth-order valence-electron chi connectivity index (χ4n) is 2.56. The lowest BCUT2D eigenvalue weighted by molar-refractivity contribution is -0.143. The second kappa shape index (κ2) is 5.49. The number of fused-ring (bicyclic) bond motifs is 1. The van der Waals surface area contributed by atoms with E-state index in [0.717, 1.165) is 0 Å². The Morgan fingerprint density at radius 1 is 1.32 bits per heavy atom. The summed E-state index contributed by atoms with van der Waals surface area (Å²) in [6.45, 7) is 0. The third kappa shape index (κ3) is 2.48. The highest BCUT2D eigenvalue weighted by Gasteiger charge is 2.43. The highest BCUT2D eigenvalue weighted by molar-refractivity contribution is 7.99. The summed E-state index contributed by atoms with van der Waals surface area (Å²) in [6, 6.07) is 8.14. The van der Waals surface area contributed by atoms with E-state index >= 15 is 0 Å². The smallest absolute Gasteiger partial charge is 0.330 e. The molecule has 0 unspecified atom stereocenters. The number of amides is 1. The Morgan fingerprint density at radius 2 is 2.09 bits per heavy atom. The number of carboxylic acids is 1. The summed E-state index contributed by atoms with van der Waals surface area (Å²) in [7, 11) is 0. The molecule has 2 heterocycles. The minimum absolute atomic E-state index is 0.192. The lowest BCUT2D eigenvalue weighted by Crippen LogP contribution is -2.54. The number of carbonyl (C=O) groups is 2. The Balaban J connectivity index is 2.02. The number of thioether (sulfide) groups is 1. The topological polar surface area (TPSA) is 99.3 Å². The summed E-state index contributed by atoms with van der Waals surface area (Å²) >= 11 is 1.49. The predicted octanol–water partition coefficient (Wildman–Crippen LogP) is 1.22. The first-order chi connectivity index (χ1) is 10.5. The van der Waals surface area contributed by atoms with Gasteiger partial charge in [-0.1, -0.05) is 18.2 Å². The van der Waals surface area contributed by atoms with Crippen LogP contribution in [0.5, 0.6) is 0 Å². The largest absolute Gasteiger partial charge is 0.479 e. The quantitative estimate of drug-likeness (QED) is 0.790. The van der Waals surface area contributed by atoms with Crippen molar-refractivity contribution in [1.82, 2.24) is 10.3 Å². The molecule has 0 radical (unpaired) electrons. The van der Waals surface area contributed by atoms with Crippen LogP contribution in [-0.2, 0) is 4.79 Å². The molecule has 1 aromatic carbocycles. The van der Waals surface area contributed by atoms with E-state index in [1.807, 2.05) is 0 Å². The van der Waals surface area contributed by atoms with Crippen LogP contribution in [0.2, 0.25) is 0 Å². The number of aromatic amines is 1. The van der Waals surface area contributed by atoms with Crippen LogP contribution in [0, 0.1) is 0 Å². The number of aliphatic carboxylic acids is 1. The molecule has 1 atom stereocenters. The Morgan fingerprint density at radius 3 is 2.77 bits per heavy atom. The number of hydrogen-bond donors (Lipinski definition) is 3. The second-order valence-corrected chi connectivity index (χ2v) is 6.34. The van der Waals surface area contributed by atoms with Gasteiger partial charge in [0.05, 0.1) is 5.56 Å². The van der Waals surface area contributed by atoms with E-state index in [2.05, 4.69) is 10.3 Å². The third-order valence-corrected chi connectivity index (χ3v) is 4.97. The Hall–Kier alpha value is -2.28. The average Bonchev–Trinajstić information content (AvgIpc) is 2.96. The van der Waals surface area contributed by atoms with Crippen LogP contribution in [-0.4, -0.2) is 39.0 Å². The van der Waals surface area contributed by atoms with E-state index in [9.17, 15) is 19.5 Å². The molecule has 1 aliphatic heterocycles. The Bertz CT molecular complexity index is 809. The standard InChI is InChI=1S/C15H14N2O4S/c18-12-7-10(9-3-1-2-4-11(9)16-12)13(19)17-15(14(20)21)5-6-22-8-15/h1-4,7H,5-6,8H2,(H,16,18)(H,17,19)(H,20,21)/t15-/m1/s1. The molecule has 3 N–H and O–H groups in total. The maximum Gasteiger partial charge on any atom is 0.330 e. The van der Waals surface area contributed by atoms with Crippen molar-refractivity contribution in [2.45, 2.75) is 12.0 Å². The van der Waals surface area contributed by atoms with E-state index in [1.54, 1.807) is 24.3 Å². The summed E-state index contributed by atoms with van der Waals surface area (Å²) in [5.74, 6) is -0.565. The van der Waals surface area contributed by atoms with Gasteiger partial charge in [0.2, 0.25) is 5.56 Å². The first kappa shape index (κ1) is 14.6. The summed E-state index contributed by atoms with van der Waals surface area (Å²) in [5, 5.41) is 12.6. The van der Waals surface area contributed by atoms with Gasteiger partial charge in [0.25, 0.3) is 5.91 Å². The van der Waals surface area contributed by atoms with E-state index in [-0.39, 0.29) is 5.56 Å². The zero-order chi connectivity index (χ0) is 15.7. The Kier molecular flexibility index (Phi) is 3.66. The van der Waals surface area contributed by atoms with Gasteiger partial charge in [-0.3, -0.25) is 9.59 Å². The minimum Gasteiger partial charge on any atom is -0.479 e. The number of carboxylic acid groups (broad SMARTS) is 1. The van der Waals surface area contributed by atoms with Crippen LogP contribution >= 0.6 is 11.8 Å². The van der Waals surface area contributed by atoms with Gasteiger partial charge in [0, 0.05) is 22.7 Å². The number of H-pyrrole nitrogens is 1. The van der Waals surface area contributed by atoms with Crippen LogP contribution in [0.1, 0.15) is 16.8 Å². The highest BCUT2D eigenvalue weighted by Crippen LogP contribution is 2.29. The number of hydrogen-bond acceptors (Lipinski definition) is 4. The number of rotatable bonds is 3. The predicted molar refractivity (Wildman–Crippen MR) is 84.3 cm³/mol. The molecule has 1 aliphatic rings. The SMILES string of the molecule is O=C(N[C@]1(C(=O)O)CCSC1)c1cc(=O)[nH]c2ccccc12. The summed E-state index contributed by atoms with van der Waals surface area (Å²) in [6.07, 6.45) is 0.375. The number of carbonyl (C=O) groups excluding carboxylic acids is 1. The van der Waals surface area contributed by atoms with Crippen molar-refractivity contribution < 1.29 is 14.7 Å². The molecule has 1 saturated heterocycles. The number of pyridine rings is 1. The number of para-hydroxylation sites is 1. The minimum atomic E-state index is -1.26. The van der Waals surface area contributed by atoms with Gasteiger partial charge in [-0.05, 0) is 18.2 Å². The summed E-state index contributed by atoms with van der Waals surface area (Å²) in [5.41, 5.74) is -0.915. The summed E-state index contributed by atoms with van der Waals surface area (Å²) in [4.78, 5) is 38.4. The molecule has 114 valence electrons. The third-order valence-electron chi connectivity index (χ3n) is 3.78. The Labute approximate surface area is 129 Å². The van der Waals surface area contributed by atoms with Gasteiger partial charge < -0.3 is 15.4 Å². The zero-order valence-electron chi connectivity index (χ0n) is 11.6. The van der Waals surface area contributed by atoms with Crippen molar-refractivity contribution >= 4 is 34.5 Å². The molecular formula is C15H14N2O4S. The number of aromatic nitrogens is 1. The maximum absolute atomic E-state index is 12.5. The van der Waals surface area contributed by atoms with Crippen LogP contribution in [0.15, 0.2) is 35.1 Å². The van der Waals surface area contributed by atoms with Gasteiger partial charge in [0.1, 0.15) is 5.54 Å². The highest BCUT2D eigenvalue weighted by atomic mass is 32.2. The van der Waals surface area contributed by atoms with Gasteiger partial charge >= 0.3 is 5.97 Å². The fourth-order valence-corrected chi connectivity index (χ4v) is 3.89. The van der Waals surface area contributed by atoms with Crippen LogP contribution in [0.4, 0.5) is 0 Å². The van der Waals surface area contributed by atoms with Crippen LogP contribution < -0.4 is 10.9 Å². The lowest BCUT2D eigenvalue weighted by Gasteiger charge is -2.24. The second-order valence-electron chi connectivity index (χ2n) is 5.24. The van der Waals surface area contributed by atoms with Gasteiger partial charge in [0.15, 0.2) is 0 Å². The molecular weight excluding hydrogens is 304 g/mol. The van der Waals surface area contributed by atoms with Crippen molar-refractivity contribution in [2.75, 3.05) is 11.5 Å². The van der Waals surface area contributed by atoms with Gasteiger partial charge in [-0.2, -0.15) is 11.8 Å². The van der Waals surface area contributed by atoms with E-state index in [4.69, 9.17) is 0 Å². The van der Waals surface area contributed by atoms with E-state index in [0.29, 0.717) is 28.8 Å². The average molecular weight is 318 g/mol. The molecule has 3 rings (SSSR count). The van der Waals surface area contributed by atoms with Crippen molar-refractivity contribution in [3.63, 3.8) is 0 Å². The van der Waals surface area contributed by atoms with Crippen molar-refractivity contribution in [3.05, 3.63) is 46.2 Å². The molecule has 6 nitrogen and oxygen atoms in total. The van der Waals surface area contributed by atoms with Crippen molar-refractivity contribution in [2.24, 2.45) is 0 Å². The van der Waals surface area contributed by atoms with E-state index in [1.165, 1.54) is 17.8 Å². The zero-order valence-corrected chi connectivity index (χ0v) is 12.4. The number of benzene rings is 1. The fraction of sp³-hybridized carbons (Fsp3) is 0.267. The molecule has 22 heavy (non-hydrogen) atoms. The molecule has 1 aromatic heterocycles. The lowest BCUT2D eigenvalue weighted by atomic mass is 9.98. The van der Waals surface area contributed by atoms with Crippen LogP contribution in [0.3, 0.4) is 0 Å². The molecule has 0 spiro atoms. The molecule has 0 aliphatic carbocycles. The number of nitrogens with one attached hydrogen (secondary N) is 2. The molecule has 2 aromatic rings. The van der Waals surface area contributed by atoms with Crippen molar-refractivity contribution in [1.29, 1.82) is 0 Å². The molecule has 0 saturated carbocycles. The normalized spacial score (nSPS) is 20.9. The molecule has 7 heteroatoms. The first-order valence-corrected chi connectivity index (χ1v) is 7.93. The van der Waals surface area contributed by atoms with Gasteiger partial charge in [-0.25, -0.2) is 4.79 Å². The molecule has 1 fully saturated rings. The molecule has 0 bridgehead atoms. The first-order valence-electron chi connectivity index (χ1n) is 6.78. The molecule has 1 amide bonds. The summed E-state index contributed by atoms with van der Waals surface area (Å²) < 4.78 is 0. The van der Waals surface area contributed by atoms with E-state index < -0.39 is 23.0 Å². The van der Waals surface area contributed by atoms with Crippen LogP contribution in [0.25, 0.3) is 10.9 Å². The van der Waals surface area contributed by atoms with Gasteiger partial charge in [-0.15, -0.1) is 0 Å². The van der Waals surface area contributed by atoms with Crippen molar-refractivity contribution in [3.8, 4) is 0 Å². The maximum atomic E-state index is 12.5. The monoisotopic (exact) mass is 318 g/mol.